The minimum Gasteiger partial charge on any atom is -0.463 e. The highest BCUT2D eigenvalue weighted by Gasteiger charge is 2.22. The van der Waals surface area contributed by atoms with Crippen molar-refractivity contribution >= 4 is 35.5 Å². The van der Waals surface area contributed by atoms with Crippen LogP contribution in [-0.2, 0) is 10.5 Å². The second-order valence-electron chi connectivity index (χ2n) is 6.58. The van der Waals surface area contributed by atoms with Crippen LogP contribution in [0.1, 0.15) is 21.7 Å². The number of carbonyl (C=O) groups is 2. The normalized spacial score (nSPS) is 11.8. The fourth-order valence-electron chi connectivity index (χ4n) is 2.63. The molecule has 0 saturated carbocycles. The van der Waals surface area contributed by atoms with Crippen LogP contribution in [0.25, 0.3) is 0 Å². The quantitative estimate of drug-likeness (QED) is 0.276. The number of furan rings is 1. The Morgan fingerprint density at radius 3 is 2.50 bits per heavy atom. The standard InChI is InChI=1S/C22H20N4O5S/c27-21(17-8-10-18(11-9-17)26(29)30)24-20(15-32-14-16-5-2-1-3-6-16)22(28)25-23-13-19-7-4-12-31-19/h1-13,20H,14-15H2,(H,24,27)(H,25,28). The van der Waals surface area contributed by atoms with E-state index in [0.29, 0.717) is 17.3 Å². The molecule has 164 valence electrons. The average Bonchev–Trinajstić information content (AvgIpc) is 3.32. The van der Waals surface area contributed by atoms with Crippen molar-refractivity contribution in [3.8, 4) is 0 Å². The summed E-state index contributed by atoms with van der Waals surface area (Å²) in [5, 5.41) is 17.3. The highest BCUT2D eigenvalue weighted by atomic mass is 32.2. The van der Waals surface area contributed by atoms with Crippen molar-refractivity contribution in [3.63, 3.8) is 0 Å². The highest BCUT2D eigenvalue weighted by Crippen LogP contribution is 2.15. The summed E-state index contributed by atoms with van der Waals surface area (Å²) in [6.07, 6.45) is 2.83. The Morgan fingerprint density at radius 2 is 1.84 bits per heavy atom. The van der Waals surface area contributed by atoms with Crippen LogP contribution in [0.4, 0.5) is 5.69 Å². The van der Waals surface area contributed by atoms with Crippen LogP contribution in [0.2, 0.25) is 0 Å². The SMILES string of the molecule is O=C(NC(CSCc1ccccc1)C(=O)NN=Cc1ccco1)c1ccc([N+](=O)[O-])cc1. The van der Waals surface area contributed by atoms with E-state index in [1.807, 2.05) is 30.3 Å². The number of nitrogens with zero attached hydrogens (tertiary/aromatic N) is 2. The fourth-order valence-corrected chi connectivity index (χ4v) is 3.65. The third-order valence-corrected chi connectivity index (χ3v) is 5.37. The first kappa shape index (κ1) is 22.8. The summed E-state index contributed by atoms with van der Waals surface area (Å²) in [5.41, 5.74) is 3.58. The van der Waals surface area contributed by atoms with Gasteiger partial charge in [-0.1, -0.05) is 30.3 Å². The number of nitro benzene ring substituents is 1. The second kappa shape index (κ2) is 11.5. The predicted octanol–water partition coefficient (Wildman–Crippen LogP) is 3.37. The van der Waals surface area contributed by atoms with Crippen molar-refractivity contribution in [2.45, 2.75) is 11.8 Å². The van der Waals surface area contributed by atoms with Gasteiger partial charge in [-0.05, 0) is 29.8 Å². The van der Waals surface area contributed by atoms with Gasteiger partial charge in [0.1, 0.15) is 11.8 Å². The molecule has 3 aromatic rings. The van der Waals surface area contributed by atoms with E-state index < -0.39 is 22.8 Å². The van der Waals surface area contributed by atoms with Crippen molar-refractivity contribution in [3.05, 3.63) is 100.0 Å². The van der Waals surface area contributed by atoms with Crippen LogP contribution in [0.5, 0.6) is 0 Å². The first-order chi connectivity index (χ1) is 15.5. The van der Waals surface area contributed by atoms with E-state index >= 15 is 0 Å². The van der Waals surface area contributed by atoms with Crippen LogP contribution >= 0.6 is 11.8 Å². The molecule has 3 rings (SSSR count). The number of hydrogen-bond acceptors (Lipinski definition) is 7. The number of carbonyl (C=O) groups excluding carboxylic acids is 2. The Kier molecular flexibility index (Phi) is 8.15. The summed E-state index contributed by atoms with van der Waals surface area (Å²) in [4.78, 5) is 35.5. The number of nitro groups is 1. The van der Waals surface area contributed by atoms with Gasteiger partial charge in [0.05, 0.1) is 17.4 Å². The lowest BCUT2D eigenvalue weighted by Gasteiger charge is -2.17. The van der Waals surface area contributed by atoms with E-state index in [9.17, 15) is 19.7 Å². The lowest BCUT2D eigenvalue weighted by molar-refractivity contribution is -0.384. The second-order valence-corrected chi connectivity index (χ2v) is 7.61. The molecule has 0 bridgehead atoms. The smallest absolute Gasteiger partial charge is 0.269 e. The van der Waals surface area contributed by atoms with Gasteiger partial charge in [0.2, 0.25) is 0 Å². The van der Waals surface area contributed by atoms with Crippen LogP contribution in [0.3, 0.4) is 0 Å². The van der Waals surface area contributed by atoms with Crippen molar-refractivity contribution in [1.29, 1.82) is 0 Å². The molecule has 0 aliphatic heterocycles. The van der Waals surface area contributed by atoms with Gasteiger partial charge in [0, 0.05) is 29.2 Å². The Balaban J connectivity index is 1.64. The molecule has 0 saturated heterocycles. The number of hydrogen-bond donors (Lipinski definition) is 2. The third kappa shape index (κ3) is 6.81. The monoisotopic (exact) mass is 452 g/mol. The molecule has 0 fully saturated rings. The van der Waals surface area contributed by atoms with Gasteiger partial charge >= 0.3 is 0 Å². The zero-order chi connectivity index (χ0) is 22.8. The lowest BCUT2D eigenvalue weighted by atomic mass is 10.2. The van der Waals surface area contributed by atoms with E-state index in [0.717, 1.165) is 5.56 Å². The maximum atomic E-state index is 12.7. The van der Waals surface area contributed by atoms with E-state index in [1.165, 1.54) is 48.5 Å². The van der Waals surface area contributed by atoms with Crippen LogP contribution in [-0.4, -0.2) is 34.7 Å². The number of non-ortho nitro benzene ring substituents is 1. The van der Waals surface area contributed by atoms with Gasteiger partial charge in [0.15, 0.2) is 0 Å². The van der Waals surface area contributed by atoms with Gasteiger partial charge in [-0.15, -0.1) is 0 Å². The molecule has 1 heterocycles. The zero-order valence-electron chi connectivity index (χ0n) is 16.8. The molecule has 2 amide bonds. The average molecular weight is 452 g/mol. The van der Waals surface area contributed by atoms with Crippen LogP contribution in [0, 0.1) is 10.1 Å². The number of benzene rings is 2. The van der Waals surface area contributed by atoms with E-state index in [-0.39, 0.29) is 11.3 Å². The molecule has 1 aromatic heterocycles. The number of amides is 2. The van der Waals surface area contributed by atoms with Gasteiger partial charge in [-0.25, -0.2) is 5.43 Å². The Hall–Kier alpha value is -3.92. The van der Waals surface area contributed by atoms with Gasteiger partial charge < -0.3 is 9.73 Å². The molecule has 10 heteroatoms. The maximum Gasteiger partial charge on any atom is 0.269 e. The minimum absolute atomic E-state index is 0.124. The number of thioether (sulfide) groups is 1. The Bertz CT molecular complexity index is 1070. The molecular formula is C22H20N4O5S. The van der Waals surface area contributed by atoms with Gasteiger partial charge in [-0.3, -0.25) is 19.7 Å². The van der Waals surface area contributed by atoms with Crippen molar-refractivity contribution in [2.24, 2.45) is 5.10 Å². The summed E-state index contributed by atoms with van der Waals surface area (Å²) >= 11 is 1.48. The van der Waals surface area contributed by atoms with Gasteiger partial charge in [0.25, 0.3) is 17.5 Å². The molecule has 9 nitrogen and oxygen atoms in total. The predicted molar refractivity (Wildman–Crippen MR) is 121 cm³/mol. The Labute approximate surface area is 188 Å². The van der Waals surface area contributed by atoms with Crippen molar-refractivity contribution < 1.29 is 18.9 Å². The maximum absolute atomic E-state index is 12.7. The molecule has 2 N–H and O–H groups in total. The first-order valence-corrected chi connectivity index (χ1v) is 10.7. The highest BCUT2D eigenvalue weighted by molar-refractivity contribution is 7.98. The summed E-state index contributed by atoms with van der Waals surface area (Å²) in [6, 6.07) is 17.4. The molecule has 0 aliphatic carbocycles. The molecule has 0 spiro atoms. The van der Waals surface area contributed by atoms with Crippen molar-refractivity contribution in [1.82, 2.24) is 10.7 Å². The third-order valence-electron chi connectivity index (χ3n) is 4.27. The summed E-state index contributed by atoms with van der Waals surface area (Å²) in [7, 11) is 0. The molecule has 2 aromatic carbocycles. The van der Waals surface area contributed by atoms with Crippen molar-refractivity contribution in [2.75, 3.05) is 5.75 Å². The van der Waals surface area contributed by atoms with Crippen LogP contribution < -0.4 is 10.7 Å². The minimum atomic E-state index is -0.875. The fraction of sp³-hybridized carbons (Fsp3) is 0.136. The molecule has 1 unspecified atom stereocenters. The number of hydrazone groups is 1. The largest absolute Gasteiger partial charge is 0.463 e. The molecule has 1 atom stereocenters. The topological polar surface area (TPSA) is 127 Å². The van der Waals surface area contributed by atoms with E-state index in [2.05, 4.69) is 15.8 Å². The molecule has 0 radical (unpaired) electrons. The molecule has 0 aliphatic rings. The van der Waals surface area contributed by atoms with E-state index in [4.69, 9.17) is 4.42 Å². The Morgan fingerprint density at radius 1 is 1.09 bits per heavy atom. The zero-order valence-corrected chi connectivity index (χ0v) is 17.7. The molecular weight excluding hydrogens is 432 g/mol. The lowest BCUT2D eigenvalue weighted by Crippen LogP contribution is -2.47. The van der Waals surface area contributed by atoms with Gasteiger partial charge in [-0.2, -0.15) is 16.9 Å². The number of rotatable bonds is 10. The number of nitrogens with one attached hydrogen (secondary N) is 2. The summed E-state index contributed by atoms with van der Waals surface area (Å²) in [6.45, 7) is 0. The van der Waals surface area contributed by atoms with E-state index in [1.54, 1.807) is 12.1 Å². The molecule has 32 heavy (non-hydrogen) atoms. The van der Waals surface area contributed by atoms with Crippen LogP contribution in [0.15, 0.2) is 82.5 Å². The summed E-state index contributed by atoms with van der Waals surface area (Å²) in [5.74, 6) is 0.415. The summed E-state index contributed by atoms with van der Waals surface area (Å²) < 4.78 is 5.12. The first-order valence-electron chi connectivity index (χ1n) is 9.56.